The molecule has 4 fully saturated rings. The lowest BCUT2D eigenvalue weighted by atomic mass is 9.33. The zero-order valence-electron chi connectivity index (χ0n) is 28.3. The van der Waals surface area contributed by atoms with E-state index in [2.05, 4.69) is 53.7 Å². The molecule has 0 spiro atoms. The first-order valence-electron chi connectivity index (χ1n) is 17.1. The van der Waals surface area contributed by atoms with Crippen molar-refractivity contribution >= 4 is 17.8 Å². The van der Waals surface area contributed by atoms with E-state index in [1.807, 2.05) is 38.1 Å². The fourth-order valence-electron chi connectivity index (χ4n) is 11.6. The zero-order valence-corrected chi connectivity index (χ0v) is 28.3. The number of hydrogen-bond acceptors (Lipinski definition) is 4. The topological polar surface area (TPSA) is 83.8 Å². The molecule has 0 saturated heterocycles. The van der Waals surface area contributed by atoms with Crippen molar-refractivity contribution in [2.75, 3.05) is 6.61 Å². The number of aliphatic hydroxyl groups excluding tert-OH is 1. The largest absolute Gasteiger partial charge is 0.494 e. The Morgan fingerprint density at radius 3 is 2.41 bits per heavy atom. The number of rotatable bonds is 4. The van der Waals surface area contributed by atoms with E-state index in [1.54, 1.807) is 0 Å². The van der Waals surface area contributed by atoms with Crippen LogP contribution in [0.2, 0.25) is 0 Å². The van der Waals surface area contributed by atoms with Crippen LogP contribution >= 0.6 is 0 Å². The standard InChI is InChI=1S/C39H54O5/c1-9-44-26-12-10-11-24(20-26)19-25-22-37(6)30(34(2,3)32(25)41)13-14-39(8)31(37)29(40)21-27-28-23-36(5,33(42)43)16-15-35(28,4)17-18-38(27,39)7/h10-12,19-21,28,30-32,41H,9,13-18,22-23H2,1-8H3,(H,42,43)/b25-19+/t28-,30-,31+,32-,35+,36-,37-,38+,39+/m0/s1. The lowest BCUT2D eigenvalue weighted by Crippen LogP contribution is -2.67. The first-order valence-corrected chi connectivity index (χ1v) is 17.1. The van der Waals surface area contributed by atoms with Crippen LogP contribution in [0.15, 0.2) is 41.5 Å². The van der Waals surface area contributed by atoms with Gasteiger partial charge in [-0.2, -0.15) is 0 Å². The lowest BCUT2D eigenvalue weighted by molar-refractivity contribution is -0.191. The molecular formula is C39H54O5. The number of benzene rings is 1. The molecule has 1 aromatic rings. The maximum atomic E-state index is 14.7. The van der Waals surface area contributed by atoms with E-state index in [4.69, 9.17) is 4.74 Å². The molecule has 0 heterocycles. The second-order valence-corrected chi connectivity index (χ2v) is 17.2. The summed E-state index contributed by atoms with van der Waals surface area (Å²) in [5, 5.41) is 22.1. The third kappa shape index (κ3) is 4.27. The monoisotopic (exact) mass is 602 g/mol. The number of ketones is 1. The van der Waals surface area contributed by atoms with Crippen LogP contribution in [0.4, 0.5) is 0 Å². The molecular weight excluding hydrogens is 548 g/mol. The van der Waals surface area contributed by atoms with Gasteiger partial charge in [-0.15, -0.1) is 0 Å². The van der Waals surface area contributed by atoms with Crippen molar-refractivity contribution in [3.63, 3.8) is 0 Å². The van der Waals surface area contributed by atoms with Crippen molar-refractivity contribution < 1.29 is 24.5 Å². The van der Waals surface area contributed by atoms with Gasteiger partial charge in [-0.1, -0.05) is 65.3 Å². The number of ether oxygens (including phenoxy) is 1. The minimum atomic E-state index is -0.754. The number of aliphatic hydroxyl groups is 1. The van der Waals surface area contributed by atoms with Crippen LogP contribution < -0.4 is 4.74 Å². The first-order chi connectivity index (χ1) is 20.4. The molecule has 9 atom stereocenters. The van der Waals surface area contributed by atoms with Crippen molar-refractivity contribution in [3.05, 3.63) is 47.1 Å². The molecule has 0 unspecified atom stereocenters. The van der Waals surface area contributed by atoms with Gasteiger partial charge in [-0.05, 0) is 133 Å². The molecule has 0 aliphatic heterocycles. The molecule has 5 nitrogen and oxygen atoms in total. The Morgan fingerprint density at radius 2 is 1.73 bits per heavy atom. The molecule has 0 aromatic heterocycles. The van der Waals surface area contributed by atoms with Gasteiger partial charge < -0.3 is 14.9 Å². The molecule has 44 heavy (non-hydrogen) atoms. The molecule has 0 amide bonds. The summed E-state index contributed by atoms with van der Waals surface area (Å²) in [5.74, 6) is 0.494. The Morgan fingerprint density at radius 1 is 1.02 bits per heavy atom. The molecule has 0 bridgehead atoms. The summed E-state index contributed by atoms with van der Waals surface area (Å²) in [5.41, 5.74) is 1.42. The highest BCUT2D eigenvalue weighted by atomic mass is 16.5. The Kier molecular flexibility index (Phi) is 7.21. The van der Waals surface area contributed by atoms with Gasteiger partial charge in [0.15, 0.2) is 5.78 Å². The number of fused-ring (bicyclic) bond motifs is 7. The van der Waals surface area contributed by atoms with E-state index < -0.39 is 17.5 Å². The number of allylic oxidation sites excluding steroid dienone is 2. The van der Waals surface area contributed by atoms with Crippen LogP contribution in [0, 0.1) is 50.2 Å². The predicted octanol–water partition coefficient (Wildman–Crippen LogP) is 8.50. The van der Waals surface area contributed by atoms with Crippen molar-refractivity contribution in [3.8, 4) is 5.75 Å². The number of carboxylic acid groups (broad SMARTS) is 1. The molecule has 5 aliphatic rings. The van der Waals surface area contributed by atoms with Crippen LogP contribution in [0.5, 0.6) is 5.75 Å². The van der Waals surface area contributed by atoms with Crippen LogP contribution in [-0.4, -0.2) is 34.7 Å². The van der Waals surface area contributed by atoms with Crippen molar-refractivity contribution in [2.45, 2.75) is 113 Å². The Labute approximate surface area is 264 Å². The normalized spacial score (nSPS) is 45.3. The predicted molar refractivity (Wildman–Crippen MR) is 174 cm³/mol. The quantitative estimate of drug-likeness (QED) is 0.361. The number of carboxylic acids is 1. The van der Waals surface area contributed by atoms with Crippen LogP contribution in [0.1, 0.15) is 112 Å². The van der Waals surface area contributed by atoms with Crippen molar-refractivity contribution in [2.24, 2.45) is 50.2 Å². The average Bonchev–Trinajstić information content (AvgIpc) is 2.94. The highest BCUT2D eigenvalue weighted by Crippen LogP contribution is 2.75. The number of hydrogen-bond donors (Lipinski definition) is 2. The fourth-order valence-corrected chi connectivity index (χ4v) is 11.6. The summed E-state index contributed by atoms with van der Waals surface area (Å²) in [7, 11) is 0. The number of aliphatic carboxylic acids is 1. The van der Waals surface area contributed by atoms with Gasteiger partial charge in [-0.25, -0.2) is 0 Å². The Hall–Kier alpha value is -2.40. The van der Waals surface area contributed by atoms with Gasteiger partial charge in [0.1, 0.15) is 5.75 Å². The molecule has 0 radical (unpaired) electrons. The molecule has 5 aliphatic carbocycles. The minimum absolute atomic E-state index is 0.0355. The van der Waals surface area contributed by atoms with Gasteiger partial charge >= 0.3 is 5.97 Å². The molecule has 6 rings (SSSR count). The SMILES string of the molecule is CCOc1cccc(/C=C2\C[C@]3(C)[C@H]4C(=O)C=C5[C@@H]6C[C@@](C)(C(=O)O)CC[C@]6(C)CC[C@@]5(C)[C@]4(C)CC[C@H]3C(C)(C)[C@H]2O)c1. The van der Waals surface area contributed by atoms with Gasteiger partial charge in [0.05, 0.1) is 18.1 Å². The van der Waals surface area contributed by atoms with Crippen LogP contribution in [0.25, 0.3) is 6.08 Å². The van der Waals surface area contributed by atoms with Gasteiger partial charge in [-0.3, -0.25) is 9.59 Å². The maximum absolute atomic E-state index is 14.7. The summed E-state index contributed by atoms with van der Waals surface area (Å²) in [4.78, 5) is 27.2. The van der Waals surface area contributed by atoms with E-state index in [-0.39, 0.29) is 50.6 Å². The van der Waals surface area contributed by atoms with Gasteiger partial charge in [0.25, 0.3) is 0 Å². The Balaban J connectivity index is 1.44. The van der Waals surface area contributed by atoms with Crippen molar-refractivity contribution in [1.82, 2.24) is 0 Å². The van der Waals surface area contributed by atoms with Gasteiger partial charge in [0.2, 0.25) is 0 Å². The summed E-state index contributed by atoms with van der Waals surface area (Å²) in [6.07, 6.45) is 10.5. The minimum Gasteiger partial charge on any atom is -0.494 e. The first kappa shape index (κ1) is 31.6. The molecule has 4 saturated carbocycles. The van der Waals surface area contributed by atoms with Crippen molar-refractivity contribution in [1.29, 1.82) is 0 Å². The summed E-state index contributed by atoms with van der Waals surface area (Å²) in [6, 6.07) is 8.05. The summed E-state index contributed by atoms with van der Waals surface area (Å²) < 4.78 is 5.76. The molecule has 2 N–H and O–H groups in total. The van der Waals surface area contributed by atoms with Crippen LogP contribution in [0.3, 0.4) is 0 Å². The highest BCUT2D eigenvalue weighted by Gasteiger charge is 2.70. The second-order valence-electron chi connectivity index (χ2n) is 17.2. The Bertz CT molecular complexity index is 1440. The average molecular weight is 603 g/mol. The van der Waals surface area contributed by atoms with E-state index in [1.165, 1.54) is 5.57 Å². The fraction of sp³-hybridized carbons (Fsp3) is 0.692. The highest BCUT2D eigenvalue weighted by molar-refractivity contribution is 5.96. The molecule has 240 valence electrons. The number of carbonyl (C=O) groups excluding carboxylic acids is 1. The third-order valence-electron chi connectivity index (χ3n) is 14.4. The maximum Gasteiger partial charge on any atom is 0.309 e. The third-order valence-corrected chi connectivity index (χ3v) is 14.4. The van der Waals surface area contributed by atoms with E-state index in [9.17, 15) is 19.8 Å². The molecule has 5 heteroatoms. The summed E-state index contributed by atoms with van der Waals surface area (Å²) >= 11 is 0. The lowest BCUT2D eigenvalue weighted by Gasteiger charge is -2.70. The van der Waals surface area contributed by atoms with E-state index in [0.29, 0.717) is 25.9 Å². The number of carbonyl (C=O) groups is 2. The zero-order chi connectivity index (χ0) is 32.1. The second kappa shape index (κ2) is 10.0. The van der Waals surface area contributed by atoms with E-state index >= 15 is 0 Å². The van der Waals surface area contributed by atoms with Crippen LogP contribution in [-0.2, 0) is 9.59 Å². The smallest absolute Gasteiger partial charge is 0.309 e. The molecule has 1 aromatic carbocycles. The van der Waals surface area contributed by atoms with E-state index in [0.717, 1.165) is 49.0 Å². The van der Waals surface area contributed by atoms with Gasteiger partial charge in [0, 0.05) is 5.92 Å². The summed E-state index contributed by atoms with van der Waals surface area (Å²) in [6.45, 7) is 18.4.